The molecule has 40 nitrogen and oxygen atoms in total. The first-order chi connectivity index (χ1) is 64.5. The van der Waals surface area contributed by atoms with Crippen LogP contribution < -0.4 is 59.7 Å². The number of likely N-dealkylation sites (tertiary alicyclic amines) is 2. The number of amides is 14. The summed E-state index contributed by atoms with van der Waals surface area (Å²) in [5.74, 6) is -25.5. The number of carbonyl (C=O) groups excluding carboxylic acids is 16. The van der Waals surface area contributed by atoms with E-state index in [1.807, 2.05) is 0 Å². The van der Waals surface area contributed by atoms with Gasteiger partial charge in [-0.3, -0.25) is 86.8 Å². The molecule has 20 N–H and O–H groups in total. The summed E-state index contributed by atoms with van der Waals surface area (Å²) in [7, 11) is 3.77. The van der Waals surface area contributed by atoms with Crippen molar-refractivity contribution in [1.82, 2.24) is 72.0 Å². The highest BCUT2D eigenvalue weighted by Gasteiger charge is 2.47. The number of likely N-dealkylation sites (N-methyl/N-ethyl adjacent to an activating group) is 3. The molecular formula is C92H116F3N17O23S. The molecule has 44 heteroatoms. The van der Waals surface area contributed by atoms with Gasteiger partial charge in [-0.2, -0.15) is 0 Å². The number of aliphatic carboxylic acids is 2. The van der Waals surface area contributed by atoms with Crippen LogP contribution in [0.4, 0.5) is 13.2 Å². The zero-order valence-electron chi connectivity index (χ0n) is 75.7. The summed E-state index contributed by atoms with van der Waals surface area (Å²) in [6.45, 7) is 2.65. The average molecular weight is 1920 g/mol. The molecule has 2 fully saturated rings. The molecule has 8 rings (SSSR count). The second-order valence-corrected chi connectivity index (χ2v) is 34.9. The van der Waals surface area contributed by atoms with Gasteiger partial charge in [-0.25, -0.2) is 13.2 Å². The van der Waals surface area contributed by atoms with Crippen molar-refractivity contribution in [2.75, 3.05) is 58.8 Å². The highest BCUT2D eigenvalue weighted by Crippen LogP contribution is 2.29. The number of H-pyrrole nitrogens is 1. The van der Waals surface area contributed by atoms with Crippen molar-refractivity contribution >= 4 is 129 Å². The van der Waals surface area contributed by atoms with E-state index in [-0.39, 0.29) is 62.0 Å². The number of para-hydroxylation sites is 1. The first kappa shape index (κ1) is 108. The lowest BCUT2D eigenvalue weighted by molar-refractivity contribution is -0.152. The van der Waals surface area contributed by atoms with E-state index in [4.69, 9.17) is 17.2 Å². The number of aliphatic hydroxyl groups is 2. The Bertz CT molecular complexity index is 5280. The van der Waals surface area contributed by atoms with Gasteiger partial charge in [-0.1, -0.05) is 125 Å². The van der Waals surface area contributed by atoms with Gasteiger partial charge in [-0.05, 0) is 83.3 Å². The molecule has 5 aromatic carbocycles. The van der Waals surface area contributed by atoms with Crippen molar-refractivity contribution in [1.29, 1.82) is 0 Å². The number of primary amides is 2. The largest absolute Gasteiger partial charge is 0.508 e. The lowest BCUT2D eigenvalue weighted by atomic mass is 9.98. The van der Waals surface area contributed by atoms with Gasteiger partial charge >= 0.3 is 11.9 Å². The number of rotatable bonds is 52. The molecule has 0 radical (unpaired) electrons. The molecule has 6 aromatic rings. The Morgan fingerprint density at radius 1 is 0.544 bits per heavy atom. The fraction of sp³-hybridized carbons (Fsp3) is 0.457. The number of hydrogen-bond donors (Lipinski definition) is 17. The van der Waals surface area contributed by atoms with E-state index in [9.17, 15) is 92.3 Å². The highest BCUT2D eigenvalue weighted by atomic mass is 32.2. The summed E-state index contributed by atoms with van der Waals surface area (Å²) in [6, 6.07) is 8.83. The van der Waals surface area contributed by atoms with Gasteiger partial charge in [0.15, 0.2) is 23.2 Å². The molecule has 1 aromatic heterocycles. The standard InChI is InChI=1S/C92H116F3N17O23S/c1-7-8-23-69(91(134)112-45-58(116)38-71(112)86(129)102-55(46-113)37-78(121)122)108(4)90(133)73(35-51-19-13-10-14-20-51)110(6)88(131)67(33-53-30-60(93)80(95)61(94)31-53)103-77(120)48-136-47-68(82(125)101-43-76(97)119)107-83(126)63(28-29-75(96)118)104-84(127)64(32-52-24-26-56(114)27-25-52)105-85(128)65(36-54-41-99-62-22-16-15-21-59(54)62)106-87(130)72-39-57(115)44-111(72)89(132)66(40-79(123)124)100-42-74(117)70(34-50-17-11-9-12-18-50)109(5)92(135)81(98)49(2)3/h9-22,24-27,30-31,41,46,49,55,57-58,63-73,81,99-100,114-116H,7-8,23,28-29,32-40,42-45,47-48,98H2,1-6H3,(H2,96,118)(H2,97,119)(H,101,125)(H,102,129)(H,103,120)(H,104,127)(H,105,128)(H,106,130)(H,107,126)(H,121,122)(H,123,124)/t55-,57+,58+,63-,64-,65-,66-,67-,68-,69-,70?,71+,72+,73-,81-/m0/s1. The number of carboxylic acid groups (broad SMARTS) is 2. The molecule has 0 aliphatic carbocycles. The van der Waals surface area contributed by atoms with Crippen LogP contribution in [0.15, 0.2) is 128 Å². The molecule has 2 aliphatic heterocycles. The van der Waals surface area contributed by atoms with Gasteiger partial charge in [0.05, 0.1) is 68.1 Å². The van der Waals surface area contributed by atoms with E-state index < -0.39 is 297 Å². The maximum absolute atomic E-state index is 15.4. The Hall–Kier alpha value is -13.7. The van der Waals surface area contributed by atoms with Gasteiger partial charge in [0, 0.05) is 102 Å². The van der Waals surface area contributed by atoms with Crippen molar-refractivity contribution < 1.29 is 125 Å². The number of nitrogens with zero attached hydrogens (tertiary/aromatic N) is 5. The minimum atomic E-state index is -1.93. The third-order valence-corrected chi connectivity index (χ3v) is 24.4. The topological polar surface area (TPSA) is 615 Å². The number of aliphatic hydroxyl groups excluding tert-OH is 2. The van der Waals surface area contributed by atoms with E-state index in [0.717, 1.165) is 26.6 Å². The zero-order chi connectivity index (χ0) is 100. The number of halogens is 3. The van der Waals surface area contributed by atoms with E-state index >= 15 is 32.8 Å². The number of nitrogens with two attached hydrogens (primary N) is 3. The number of fused-ring (bicyclic) bond motifs is 1. The molecule has 0 bridgehead atoms. The second kappa shape index (κ2) is 51.1. The van der Waals surface area contributed by atoms with Crippen LogP contribution in [0, 0.1) is 23.4 Å². The van der Waals surface area contributed by atoms with Gasteiger partial charge in [0.1, 0.15) is 66.4 Å². The number of phenolic OH excluding ortho intramolecular Hbond substituents is 1. The summed E-state index contributed by atoms with van der Waals surface area (Å²) in [5, 5.41) is 72.4. The fourth-order valence-electron chi connectivity index (χ4n) is 15.8. The number of aromatic hydroxyl groups is 1. The number of β-amino-alcohol motifs (C(OH)–C–C–N with tert-alkyl or cyclic N) is 2. The first-order valence-electron chi connectivity index (χ1n) is 43.9. The smallest absolute Gasteiger partial charge is 0.305 e. The quantitative estimate of drug-likeness (QED) is 0.0154. The number of nitrogens with one attached hydrogen (secondary N) is 9. The summed E-state index contributed by atoms with van der Waals surface area (Å²) >= 11 is 0.568. The number of Topliss-reactive ketones (excluding diaryl/α,β-unsaturated/α-hetero) is 1. The van der Waals surface area contributed by atoms with Gasteiger partial charge in [-0.15, -0.1) is 11.8 Å². The SMILES string of the molecule is CCCC[C@@H](C(=O)N1C[C@H](O)C[C@@H]1C(=O)N[C@H](C=O)CC(=O)O)N(C)C(=O)[C@H](Cc1ccccc1)N(C)C(=O)[C@H](Cc1cc(F)c(F)c(F)c1)NC(=O)CSC[C@H](NC(=O)[C@H](CCC(N)=O)NC(=O)[C@H](Cc1ccc(O)cc1)NC(=O)[C@H](Cc1c[nH]c2ccccc12)NC(=O)[C@H]1C[C@@H](O)CN1C(=O)[C@H](CC(=O)O)NCC(=O)C(Cc1ccccc1)N(C)C(=O)[C@@H](N)C(C)C)C(=O)NCC(N)=O. The minimum Gasteiger partial charge on any atom is -0.508 e. The molecule has 0 saturated carbocycles. The number of aromatic nitrogens is 1. The Kier molecular flexibility index (Phi) is 40.4. The molecule has 14 amide bonds. The van der Waals surface area contributed by atoms with Crippen LogP contribution in [0.1, 0.15) is 106 Å². The number of carboxylic acids is 2. The Labute approximate surface area is 784 Å². The summed E-state index contributed by atoms with van der Waals surface area (Å²) < 4.78 is 44.8. The number of aromatic amines is 1. The van der Waals surface area contributed by atoms with Crippen molar-refractivity contribution in [2.45, 2.75) is 201 Å². The number of thioether (sulfide) groups is 1. The number of benzene rings is 5. The van der Waals surface area contributed by atoms with Crippen molar-refractivity contribution in [3.05, 3.63) is 173 Å². The monoisotopic (exact) mass is 1920 g/mol. The van der Waals surface area contributed by atoms with E-state index in [1.54, 1.807) is 106 Å². The van der Waals surface area contributed by atoms with Crippen LogP contribution in [0.3, 0.4) is 0 Å². The number of unbranched alkanes of at least 4 members (excludes halogenated alkanes) is 1. The molecular weight excluding hydrogens is 1800 g/mol. The molecule has 2 aliphatic rings. The highest BCUT2D eigenvalue weighted by molar-refractivity contribution is 8.00. The third kappa shape index (κ3) is 30.9. The predicted octanol–water partition coefficient (Wildman–Crippen LogP) is -1.43. The average Bonchev–Trinajstić information content (AvgIpc) is 1.57. The number of carbonyl (C=O) groups is 18. The molecule has 15 atom stereocenters. The van der Waals surface area contributed by atoms with Crippen LogP contribution >= 0.6 is 11.8 Å². The maximum atomic E-state index is 15.4. The summed E-state index contributed by atoms with van der Waals surface area (Å²) in [4.78, 5) is 260. The number of hydrogen-bond acceptors (Lipinski definition) is 24. The lowest BCUT2D eigenvalue weighted by Crippen LogP contribution is -2.60. The number of aldehydes is 1. The van der Waals surface area contributed by atoms with E-state index in [1.165, 1.54) is 49.5 Å². The molecule has 0 spiro atoms. The molecule has 136 heavy (non-hydrogen) atoms. The van der Waals surface area contributed by atoms with E-state index in [0.29, 0.717) is 57.9 Å². The first-order valence-corrected chi connectivity index (χ1v) is 45.1. The van der Waals surface area contributed by atoms with Crippen LogP contribution in [0.2, 0.25) is 0 Å². The van der Waals surface area contributed by atoms with Gasteiger partial charge < -0.3 is 114 Å². The fourth-order valence-corrected chi connectivity index (χ4v) is 16.7. The van der Waals surface area contributed by atoms with Crippen LogP contribution in [-0.2, 0) is 118 Å². The molecule has 2 saturated heterocycles. The normalized spacial score (nSPS) is 17.0. The molecule has 3 heterocycles. The number of ketones is 1. The summed E-state index contributed by atoms with van der Waals surface area (Å²) in [6.07, 6.45) is -6.32. The Morgan fingerprint density at radius 2 is 1.06 bits per heavy atom. The van der Waals surface area contributed by atoms with Crippen LogP contribution in [-0.4, -0.2) is 311 Å². The Morgan fingerprint density at radius 3 is 1.62 bits per heavy atom. The minimum absolute atomic E-state index is 0.0136. The van der Waals surface area contributed by atoms with E-state index in [2.05, 4.69) is 47.5 Å². The van der Waals surface area contributed by atoms with Crippen LogP contribution in [0.5, 0.6) is 5.75 Å². The third-order valence-electron chi connectivity index (χ3n) is 23.3. The van der Waals surface area contributed by atoms with Gasteiger partial charge in [0.2, 0.25) is 82.7 Å². The molecule has 734 valence electrons. The molecule has 1 unspecified atom stereocenters. The van der Waals surface area contributed by atoms with Crippen LogP contribution in [0.25, 0.3) is 10.9 Å². The van der Waals surface area contributed by atoms with Crippen molar-refractivity contribution in [2.24, 2.45) is 23.1 Å². The lowest BCUT2D eigenvalue weighted by Gasteiger charge is -2.37. The predicted molar refractivity (Wildman–Crippen MR) is 485 cm³/mol. The maximum Gasteiger partial charge on any atom is 0.305 e. The Balaban J connectivity index is 1.05. The number of phenols is 1. The second-order valence-electron chi connectivity index (χ2n) is 33.9. The summed E-state index contributed by atoms with van der Waals surface area (Å²) in [5.41, 5.74) is 19.1. The van der Waals surface area contributed by atoms with Crippen molar-refractivity contribution in [3.63, 3.8) is 0 Å². The van der Waals surface area contributed by atoms with Gasteiger partial charge in [0.25, 0.3) is 0 Å². The zero-order valence-corrected chi connectivity index (χ0v) is 76.5. The van der Waals surface area contributed by atoms with Crippen molar-refractivity contribution in [3.8, 4) is 5.75 Å².